The van der Waals surface area contributed by atoms with Crippen LogP contribution in [0.3, 0.4) is 0 Å². The van der Waals surface area contributed by atoms with Crippen molar-refractivity contribution in [2.24, 2.45) is 5.92 Å². The molecule has 1 aliphatic rings. The summed E-state index contributed by atoms with van der Waals surface area (Å²) in [5.74, 6) is 2.85. The fourth-order valence-corrected chi connectivity index (χ4v) is 8.25. The van der Waals surface area contributed by atoms with Gasteiger partial charge in [0.25, 0.3) is 0 Å². The average Bonchev–Trinajstić information content (AvgIpc) is 2.68. The van der Waals surface area contributed by atoms with Crippen molar-refractivity contribution >= 4 is 26.5 Å². The molecule has 0 bridgehead atoms. The van der Waals surface area contributed by atoms with Crippen molar-refractivity contribution in [2.75, 3.05) is 14.2 Å². The molecule has 0 heterocycles. The minimum absolute atomic E-state index is 0. The Hall–Kier alpha value is -0.994. The fraction of sp³-hybridized carbons (Fsp3) is 0.591. The van der Waals surface area contributed by atoms with Crippen molar-refractivity contribution in [3.05, 3.63) is 31.1 Å². The molecule has 166 valence electrons. The Morgan fingerprint density at radius 1 is 0.733 bits per heavy atom. The molecule has 0 fully saturated rings. The summed E-state index contributed by atoms with van der Waals surface area (Å²) in [5.41, 5.74) is 3.22. The summed E-state index contributed by atoms with van der Waals surface area (Å²) < 4.78 is 34.4. The number of rotatable bonds is 4. The molecule has 0 aromatic heterocycles. The van der Waals surface area contributed by atoms with E-state index in [1.54, 1.807) is 11.1 Å². The third-order valence-electron chi connectivity index (χ3n) is 4.98. The Kier molecular flexibility index (Phi) is 16.7. The molecule has 0 N–H and O–H groups in total. The molecule has 1 aromatic carbocycles. The van der Waals surface area contributed by atoms with Gasteiger partial charge in [-0.25, -0.2) is 0 Å². The predicted octanol–water partition coefficient (Wildman–Crippen LogP) is 3.80. The van der Waals surface area contributed by atoms with Gasteiger partial charge in [-0.05, 0) is 46.7 Å². The van der Waals surface area contributed by atoms with Gasteiger partial charge in [-0.2, -0.15) is 0 Å². The zero-order chi connectivity index (χ0) is 23.6. The van der Waals surface area contributed by atoms with Crippen molar-refractivity contribution in [1.29, 1.82) is 0 Å². The van der Waals surface area contributed by atoms with Crippen LogP contribution in [0.15, 0.2) is 0 Å². The van der Waals surface area contributed by atoms with Gasteiger partial charge >= 0.3 is 33.9 Å². The van der Waals surface area contributed by atoms with Gasteiger partial charge in [-0.15, -0.1) is 0 Å². The van der Waals surface area contributed by atoms with Gasteiger partial charge in [-0.3, -0.25) is 0 Å². The molecule has 0 saturated heterocycles. The monoisotopic (exact) mass is 486 g/mol. The minimum Gasteiger partial charge on any atom is 0 e. The number of hydrogen-bond acceptors (Lipinski definition) is 2. The standard InChI is InChI=1S/C19H34O2Si2.3CO.Cr/c1-13-10-11-14-15(12-13)19(23(7,8)9)17(21-3)16(20-2)18(14)22(4,5)6;3*1-2;/h13H,10-12H2,1-9H3;;;;. The normalized spacial score (nSPS) is 14.4. The van der Waals surface area contributed by atoms with Crippen LogP contribution in [0.1, 0.15) is 24.5 Å². The first-order chi connectivity index (χ1) is 13.5. The molecular weight excluding hydrogens is 452 g/mol. The number of ether oxygens (including phenoxy) is 2. The van der Waals surface area contributed by atoms with Crippen molar-refractivity contribution in [3.63, 3.8) is 0 Å². The zero-order valence-corrected chi connectivity index (χ0v) is 22.9. The van der Waals surface area contributed by atoms with E-state index in [1.165, 1.54) is 29.6 Å². The van der Waals surface area contributed by atoms with Gasteiger partial charge in [0.2, 0.25) is 0 Å². The second kappa shape index (κ2) is 14.9. The SMILES string of the molecule is COc1c(OC)c([Si](C)(C)C)c2c(c1[Si](C)(C)C)CCC(C)C2.[C-]#[O+].[C-]#[O+].[C-]#[O+].[Cr]. The maximum absolute atomic E-state index is 7.50. The molecule has 1 unspecified atom stereocenters. The van der Waals surface area contributed by atoms with Crippen LogP contribution in [0.4, 0.5) is 0 Å². The predicted molar refractivity (Wildman–Crippen MR) is 118 cm³/mol. The van der Waals surface area contributed by atoms with E-state index in [0.717, 1.165) is 17.4 Å². The summed E-state index contributed by atoms with van der Waals surface area (Å²) in [7, 11) is 0.580. The van der Waals surface area contributed by atoms with Gasteiger partial charge in [-0.1, -0.05) is 46.2 Å². The fourth-order valence-electron chi connectivity index (χ4n) is 4.12. The van der Waals surface area contributed by atoms with E-state index in [0.29, 0.717) is 0 Å². The van der Waals surface area contributed by atoms with E-state index in [2.05, 4.69) is 66.2 Å². The molecule has 1 aromatic rings. The quantitative estimate of drug-likeness (QED) is 0.369. The smallest absolute Gasteiger partial charge is 0 e. The van der Waals surface area contributed by atoms with Crippen molar-refractivity contribution in [1.82, 2.24) is 0 Å². The molecule has 0 saturated carbocycles. The first-order valence-corrected chi connectivity index (χ1v) is 16.4. The van der Waals surface area contributed by atoms with Crippen LogP contribution in [0.5, 0.6) is 11.5 Å². The largest absolute Gasteiger partial charge is 0 e. The molecule has 0 spiro atoms. The Bertz CT molecular complexity index is 714. The molecule has 1 atom stereocenters. The molecule has 0 aliphatic heterocycles. The van der Waals surface area contributed by atoms with Gasteiger partial charge in [0.1, 0.15) is 0 Å². The first kappa shape index (κ1) is 33.6. The molecule has 8 heteroatoms. The Morgan fingerprint density at radius 3 is 1.37 bits per heavy atom. The van der Waals surface area contributed by atoms with Crippen LogP contribution in [-0.4, -0.2) is 30.4 Å². The molecule has 0 radical (unpaired) electrons. The summed E-state index contributed by atoms with van der Waals surface area (Å²) in [5, 5.41) is 3.00. The van der Waals surface area contributed by atoms with E-state index >= 15 is 0 Å². The number of fused-ring (bicyclic) bond motifs is 1. The van der Waals surface area contributed by atoms with E-state index in [4.69, 9.17) is 23.4 Å². The number of methoxy groups -OCH3 is 2. The van der Waals surface area contributed by atoms with Crippen LogP contribution in [-0.2, 0) is 44.2 Å². The van der Waals surface area contributed by atoms with Crippen LogP contribution in [0.2, 0.25) is 39.3 Å². The molecular formula is C22H34CrO5Si2. The molecule has 30 heavy (non-hydrogen) atoms. The van der Waals surface area contributed by atoms with E-state index < -0.39 is 16.1 Å². The van der Waals surface area contributed by atoms with Crippen LogP contribution in [0, 0.1) is 25.9 Å². The third kappa shape index (κ3) is 7.93. The maximum Gasteiger partial charge on any atom is 0 e. The molecule has 0 amide bonds. The van der Waals surface area contributed by atoms with E-state index in [-0.39, 0.29) is 17.4 Å². The van der Waals surface area contributed by atoms with Crippen molar-refractivity contribution in [3.8, 4) is 11.5 Å². The molecule has 2 rings (SSSR count). The summed E-state index contributed by atoms with van der Waals surface area (Å²) in [4.78, 5) is 0. The number of benzene rings is 1. The first-order valence-electron chi connectivity index (χ1n) is 9.44. The van der Waals surface area contributed by atoms with E-state index in [9.17, 15) is 0 Å². The maximum atomic E-state index is 7.50. The Labute approximate surface area is 195 Å². The second-order valence-corrected chi connectivity index (χ2v) is 19.1. The second-order valence-electron chi connectivity index (χ2n) is 9.12. The Morgan fingerprint density at radius 2 is 1.07 bits per heavy atom. The zero-order valence-electron chi connectivity index (χ0n) is 19.6. The van der Waals surface area contributed by atoms with Crippen molar-refractivity contribution < 1.29 is 40.8 Å². The van der Waals surface area contributed by atoms with E-state index in [1.807, 2.05) is 14.2 Å². The Balaban J connectivity index is -0.000000955. The van der Waals surface area contributed by atoms with Gasteiger partial charge in [0, 0.05) is 17.4 Å². The molecule has 5 nitrogen and oxygen atoms in total. The topological polar surface area (TPSA) is 78.2 Å². The summed E-state index contributed by atoms with van der Waals surface area (Å²) in [6, 6.07) is 0. The van der Waals surface area contributed by atoms with Crippen LogP contribution < -0.4 is 19.8 Å². The third-order valence-corrected chi connectivity index (χ3v) is 9.03. The summed E-state index contributed by atoms with van der Waals surface area (Å²) in [6.45, 7) is 30.5. The number of hydrogen-bond donors (Lipinski definition) is 0. The van der Waals surface area contributed by atoms with Crippen molar-refractivity contribution in [2.45, 2.75) is 65.5 Å². The summed E-state index contributed by atoms with van der Waals surface area (Å²) >= 11 is 0. The summed E-state index contributed by atoms with van der Waals surface area (Å²) in [6.07, 6.45) is 3.70. The van der Waals surface area contributed by atoms with Crippen LogP contribution in [0.25, 0.3) is 0 Å². The van der Waals surface area contributed by atoms with Gasteiger partial charge < -0.3 is 9.47 Å². The molecule has 1 aliphatic carbocycles. The average molecular weight is 487 g/mol. The minimum atomic E-state index is -1.53. The van der Waals surface area contributed by atoms with Crippen LogP contribution >= 0.6 is 0 Å². The van der Waals surface area contributed by atoms with Gasteiger partial charge in [0.15, 0.2) is 11.5 Å². The van der Waals surface area contributed by atoms with Gasteiger partial charge in [0.05, 0.1) is 30.4 Å².